The van der Waals surface area contributed by atoms with E-state index in [2.05, 4.69) is 11.9 Å². The van der Waals surface area contributed by atoms with E-state index in [9.17, 15) is 13.5 Å². The Morgan fingerprint density at radius 3 is 2.44 bits per heavy atom. The average molecular weight is 382 g/mol. The number of hydrogen-bond donors (Lipinski definition) is 0. The van der Waals surface area contributed by atoms with E-state index >= 15 is 0 Å². The van der Waals surface area contributed by atoms with Gasteiger partial charge in [-0.1, -0.05) is 37.6 Å². The van der Waals surface area contributed by atoms with Gasteiger partial charge in [0.05, 0.1) is 0 Å². The number of aryl methyl sites for hydroxylation is 1. The van der Waals surface area contributed by atoms with Gasteiger partial charge >= 0.3 is 15.8 Å². The summed E-state index contributed by atoms with van der Waals surface area (Å²) in [5.74, 6) is -0.344. The first-order valence-corrected chi connectivity index (χ1v) is 9.98. The second-order valence-electron chi connectivity index (χ2n) is 6.15. The number of benzene rings is 3. The molecule has 0 heterocycles. The quantitative estimate of drug-likeness (QED) is 0.462. The van der Waals surface area contributed by atoms with Gasteiger partial charge in [0.25, 0.3) is 0 Å². The molecule has 0 unspecified atom stereocenters. The van der Waals surface area contributed by atoms with Crippen molar-refractivity contribution in [1.29, 1.82) is 5.39 Å². The zero-order chi connectivity index (χ0) is 19.4. The Labute approximate surface area is 157 Å². The van der Waals surface area contributed by atoms with Crippen LogP contribution in [0, 0.1) is 5.39 Å². The summed E-state index contributed by atoms with van der Waals surface area (Å²) in [5, 5.41) is 21.5. The molecule has 7 heteroatoms. The lowest BCUT2D eigenvalue weighted by Crippen LogP contribution is -2.10. The lowest BCUT2D eigenvalue weighted by Gasteiger charge is -2.12. The van der Waals surface area contributed by atoms with Crippen molar-refractivity contribution in [1.82, 2.24) is 0 Å². The lowest BCUT2D eigenvalue weighted by atomic mass is 10.1. The van der Waals surface area contributed by atoms with E-state index in [1.54, 1.807) is 12.1 Å². The second-order valence-corrected chi connectivity index (χ2v) is 7.66. The fourth-order valence-electron chi connectivity index (χ4n) is 2.85. The number of unbranched alkanes of at least 4 members (excludes halogenated alkanes) is 1. The summed E-state index contributed by atoms with van der Waals surface area (Å²) in [5.41, 5.74) is 0.962. The molecule has 0 spiro atoms. The predicted octanol–water partition coefficient (Wildman–Crippen LogP) is 4.51. The first-order valence-electron chi connectivity index (χ1n) is 8.57. The monoisotopic (exact) mass is 382 g/mol. The van der Waals surface area contributed by atoms with Crippen molar-refractivity contribution < 1.29 is 17.7 Å². The van der Waals surface area contributed by atoms with E-state index in [1.807, 2.05) is 12.1 Å². The van der Waals surface area contributed by atoms with Crippen LogP contribution in [-0.2, 0) is 16.5 Å². The second kappa shape index (κ2) is 7.64. The minimum atomic E-state index is -4.14. The summed E-state index contributed by atoms with van der Waals surface area (Å²) in [6, 6.07) is 13.9. The Bertz CT molecular complexity index is 1120. The molecule has 0 bridgehead atoms. The Morgan fingerprint density at radius 1 is 1.04 bits per heavy atom. The molecule has 0 saturated heterocycles. The normalized spacial score (nSPS) is 11.3. The van der Waals surface area contributed by atoms with E-state index in [-0.39, 0.29) is 27.1 Å². The minimum Gasteiger partial charge on any atom is -0.867 e. The van der Waals surface area contributed by atoms with Crippen LogP contribution >= 0.6 is 0 Å². The Balaban J connectivity index is 1.96. The van der Waals surface area contributed by atoms with Gasteiger partial charge in [-0.3, -0.25) is 0 Å². The van der Waals surface area contributed by atoms with Crippen LogP contribution in [0.3, 0.4) is 0 Å². The third-order valence-corrected chi connectivity index (χ3v) is 5.58. The van der Waals surface area contributed by atoms with Crippen LogP contribution in [0.25, 0.3) is 15.7 Å². The molecule has 0 aromatic heterocycles. The highest BCUT2D eigenvalue weighted by Gasteiger charge is 2.21. The summed E-state index contributed by atoms with van der Waals surface area (Å²) in [7, 11) is -4.14. The number of rotatable bonds is 6. The summed E-state index contributed by atoms with van der Waals surface area (Å²) in [6.45, 7) is 2.11. The van der Waals surface area contributed by atoms with Crippen molar-refractivity contribution in [2.75, 3.05) is 0 Å². The molecule has 0 amide bonds. The van der Waals surface area contributed by atoms with Gasteiger partial charge in [0.15, 0.2) is 4.98 Å². The van der Waals surface area contributed by atoms with Gasteiger partial charge in [-0.05, 0) is 53.8 Å². The van der Waals surface area contributed by atoms with Crippen LogP contribution in [0.2, 0.25) is 0 Å². The van der Waals surface area contributed by atoms with Crippen molar-refractivity contribution >= 4 is 26.6 Å². The van der Waals surface area contributed by atoms with E-state index in [0.29, 0.717) is 0 Å². The highest BCUT2D eigenvalue weighted by atomic mass is 32.2. The number of fused-ring (bicyclic) bond motifs is 1. The largest absolute Gasteiger partial charge is 0.867 e. The van der Waals surface area contributed by atoms with Crippen LogP contribution in [-0.4, -0.2) is 8.42 Å². The van der Waals surface area contributed by atoms with Crippen LogP contribution in [0.4, 0.5) is 5.69 Å². The van der Waals surface area contributed by atoms with Crippen molar-refractivity contribution in [3.63, 3.8) is 0 Å². The molecule has 6 nitrogen and oxygen atoms in total. The number of nitrogens with zero attached hydrogens (tertiary/aromatic N) is 2. The van der Waals surface area contributed by atoms with Gasteiger partial charge < -0.3 is 9.29 Å². The minimum absolute atomic E-state index is 0.114. The maximum Gasteiger partial charge on any atom is 0.378 e. The summed E-state index contributed by atoms with van der Waals surface area (Å²) < 4.78 is 30.7. The SMILES string of the molecule is CCCCc1ccc(OS(=O)(=O)c2cccc3c([O-])c([N+]#N)ccc23)cc1. The van der Waals surface area contributed by atoms with Gasteiger partial charge in [0.1, 0.15) is 10.6 Å². The molecule has 0 N–H and O–H groups in total. The highest BCUT2D eigenvalue weighted by Crippen LogP contribution is 2.35. The molecule has 3 aromatic carbocycles. The fourth-order valence-corrected chi connectivity index (χ4v) is 4.00. The zero-order valence-electron chi connectivity index (χ0n) is 14.8. The predicted molar refractivity (Wildman–Crippen MR) is 101 cm³/mol. The molecule has 138 valence electrons. The zero-order valence-corrected chi connectivity index (χ0v) is 15.6. The molecule has 0 saturated carbocycles. The topological polar surface area (TPSA) is 94.6 Å². The molecular weight excluding hydrogens is 364 g/mol. The van der Waals surface area contributed by atoms with Gasteiger partial charge in [0.2, 0.25) is 5.39 Å². The molecule has 0 atom stereocenters. The Morgan fingerprint density at radius 2 is 1.78 bits per heavy atom. The van der Waals surface area contributed by atoms with Crippen molar-refractivity contribution in [2.45, 2.75) is 31.1 Å². The van der Waals surface area contributed by atoms with Gasteiger partial charge in [-0.2, -0.15) is 8.42 Å². The molecule has 3 rings (SSSR count). The van der Waals surface area contributed by atoms with Gasteiger partial charge in [0, 0.05) is 11.5 Å². The first kappa shape index (κ1) is 18.7. The smallest absolute Gasteiger partial charge is 0.378 e. The van der Waals surface area contributed by atoms with Crippen LogP contribution in [0.15, 0.2) is 59.5 Å². The third kappa shape index (κ3) is 3.86. The number of hydrogen-bond acceptors (Lipinski definition) is 5. The van der Waals surface area contributed by atoms with Gasteiger partial charge in [-0.15, -0.1) is 0 Å². The Kier molecular flexibility index (Phi) is 5.28. The molecule has 0 aliphatic heterocycles. The highest BCUT2D eigenvalue weighted by molar-refractivity contribution is 7.87. The van der Waals surface area contributed by atoms with E-state index < -0.39 is 15.9 Å². The average Bonchev–Trinajstić information content (AvgIpc) is 2.67. The molecule has 0 aliphatic carbocycles. The maximum absolute atomic E-state index is 12.7. The van der Waals surface area contributed by atoms with Crippen LogP contribution in [0.5, 0.6) is 11.5 Å². The van der Waals surface area contributed by atoms with E-state index in [1.165, 1.54) is 30.3 Å². The van der Waals surface area contributed by atoms with Crippen molar-refractivity contribution in [2.24, 2.45) is 0 Å². The summed E-state index contributed by atoms with van der Waals surface area (Å²) >= 11 is 0. The standard InChI is InChI=1S/C20H18N2O4S/c1-2-3-5-14-8-10-15(11-9-14)26-27(24,25)19-7-4-6-17-16(19)12-13-18(22-21)20(17)23/h4,6-13H,2-3,5H2,1H3. The van der Waals surface area contributed by atoms with Crippen molar-refractivity contribution in [3.8, 4) is 11.5 Å². The fraction of sp³-hybridized carbons (Fsp3) is 0.200. The number of diazo groups is 1. The molecular formula is C20H18N2O4S. The van der Waals surface area contributed by atoms with Crippen LogP contribution in [0.1, 0.15) is 25.3 Å². The third-order valence-electron chi connectivity index (χ3n) is 4.28. The molecule has 0 radical (unpaired) electrons. The van der Waals surface area contributed by atoms with E-state index in [4.69, 9.17) is 9.58 Å². The summed E-state index contributed by atoms with van der Waals surface area (Å²) in [6.07, 6.45) is 3.08. The lowest BCUT2D eigenvalue weighted by molar-refractivity contribution is -0.264. The van der Waals surface area contributed by atoms with Crippen molar-refractivity contribution in [3.05, 3.63) is 65.1 Å². The Hall–Kier alpha value is -3.11. The first-order chi connectivity index (χ1) is 13.0. The summed E-state index contributed by atoms with van der Waals surface area (Å²) in [4.78, 5) is 2.80. The molecule has 0 fully saturated rings. The van der Waals surface area contributed by atoms with Gasteiger partial charge in [-0.25, -0.2) is 0 Å². The molecule has 3 aromatic rings. The molecule has 27 heavy (non-hydrogen) atoms. The maximum atomic E-state index is 12.7. The van der Waals surface area contributed by atoms with Crippen LogP contribution < -0.4 is 9.29 Å². The molecule has 0 aliphatic rings. The van der Waals surface area contributed by atoms with E-state index in [0.717, 1.165) is 24.8 Å².